The van der Waals surface area contributed by atoms with Gasteiger partial charge >= 0.3 is 0 Å². The van der Waals surface area contributed by atoms with E-state index in [2.05, 4.69) is 96.8 Å². The van der Waals surface area contributed by atoms with Crippen LogP contribution >= 0.6 is 15.9 Å². The van der Waals surface area contributed by atoms with E-state index in [4.69, 9.17) is 10.5 Å². The highest BCUT2D eigenvalue weighted by Gasteiger charge is 2.17. The van der Waals surface area contributed by atoms with Crippen molar-refractivity contribution < 1.29 is 4.74 Å². The van der Waals surface area contributed by atoms with Crippen LogP contribution in [0.2, 0.25) is 0 Å². The number of methoxy groups -OCH3 is 1. The van der Waals surface area contributed by atoms with Crippen LogP contribution in [0.5, 0.6) is 5.75 Å². The fraction of sp³-hybridized carbons (Fsp3) is 0.379. The predicted molar refractivity (Wildman–Crippen MR) is 159 cm³/mol. The van der Waals surface area contributed by atoms with E-state index in [-0.39, 0.29) is 0 Å². The molecule has 0 radical (unpaired) electrons. The van der Waals surface area contributed by atoms with Crippen LogP contribution in [0.1, 0.15) is 68.8 Å². The molecule has 0 saturated heterocycles. The lowest BCUT2D eigenvalue weighted by molar-refractivity contribution is 0.416. The van der Waals surface area contributed by atoms with Gasteiger partial charge in [-0.3, -0.25) is 0 Å². The summed E-state index contributed by atoms with van der Waals surface area (Å²) in [5.74, 6) is 2.10. The number of nitrogens with two attached hydrogens (primary N) is 1. The molecular formula is C29H40BrN5O. The highest BCUT2D eigenvalue weighted by Crippen LogP contribution is 2.40. The molecule has 7 heteroatoms. The van der Waals surface area contributed by atoms with Crippen molar-refractivity contribution in [1.82, 2.24) is 9.55 Å². The van der Waals surface area contributed by atoms with Crippen LogP contribution in [0.25, 0.3) is 6.08 Å². The maximum atomic E-state index is 6.33. The Kier molecular flexibility index (Phi) is 11.7. The van der Waals surface area contributed by atoms with Crippen molar-refractivity contribution in [3.8, 4) is 5.75 Å². The Morgan fingerprint density at radius 1 is 1.25 bits per heavy atom. The van der Waals surface area contributed by atoms with E-state index in [1.54, 1.807) is 13.4 Å². The molecule has 6 nitrogen and oxygen atoms in total. The Morgan fingerprint density at radius 3 is 2.50 bits per heavy atom. The highest BCUT2D eigenvalue weighted by molar-refractivity contribution is 9.10. The molecule has 36 heavy (non-hydrogen) atoms. The van der Waals surface area contributed by atoms with Crippen LogP contribution in [0.15, 0.2) is 52.2 Å². The number of aliphatic imine (C=N–C) groups is 1. The number of halogens is 1. The van der Waals surface area contributed by atoms with Crippen molar-refractivity contribution >= 4 is 45.9 Å². The molecule has 0 spiro atoms. The Balaban J connectivity index is 0.000000380. The molecule has 1 heterocycles. The zero-order chi connectivity index (χ0) is 26.7. The molecule has 0 saturated carbocycles. The molecule has 0 aliphatic carbocycles. The van der Waals surface area contributed by atoms with Crippen molar-refractivity contribution in [3.05, 3.63) is 69.6 Å². The van der Waals surface area contributed by atoms with Gasteiger partial charge < -0.3 is 20.4 Å². The van der Waals surface area contributed by atoms with Gasteiger partial charge in [0.15, 0.2) is 5.82 Å². The van der Waals surface area contributed by atoms with Gasteiger partial charge in [-0.1, -0.05) is 63.6 Å². The fourth-order valence-corrected chi connectivity index (χ4v) is 4.02. The van der Waals surface area contributed by atoms with Gasteiger partial charge in [0.2, 0.25) is 0 Å². The molecular weight excluding hydrogens is 514 g/mol. The summed E-state index contributed by atoms with van der Waals surface area (Å²) in [6, 6.07) is 10.7. The van der Waals surface area contributed by atoms with E-state index in [9.17, 15) is 0 Å². The van der Waals surface area contributed by atoms with Crippen LogP contribution in [0.3, 0.4) is 0 Å². The second-order valence-corrected chi connectivity index (χ2v) is 9.68. The molecule has 3 aromatic rings. The Labute approximate surface area is 224 Å². The van der Waals surface area contributed by atoms with Gasteiger partial charge in [0.05, 0.1) is 25.7 Å². The summed E-state index contributed by atoms with van der Waals surface area (Å²) in [4.78, 5) is 8.57. The average Bonchev–Trinajstić information content (AvgIpc) is 3.26. The van der Waals surface area contributed by atoms with Gasteiger partial charge in [-0.25, -0.2) is 9.98 Å². The number of hydrogen-bond donors (Lipinski definition) is 2. The molecule has 194 valence electrons. The molecule has 0 unspecified atom stereocenters. The zero-order valence-electron chi connectivity index (χ0n) is 22.4. The number of aromatic nitrogens is 2. The van der Waals surface area contributed by atoms with E-state index in [0.29, 0.717) is 23.9 Å². The quantitative estimate of drug-likeness (QED) is 0.197. The molecule has 3 N–H and O–H groups in total. The monoisotopic (exact) mass is 553 g/mol. The summed E-state index contributed by atoms with van der Waals surface area (Å²) in [5, 5.41) is 3.33. The third kappa shape index (κ3) is 7.72. The van der Waals surface area contributed by atoms with Crippen molar-refractivity contribution in [2.45, 2.75) is 59.9 Å². The highest BCUT2D eigenvalue weighted by atomic mass is 79.9. The van der Waals surface area contributed by atoms with Crippen molar-refractivity contribution in [1.29, 1.82) is 0 Å². The molecule has 3 rings (SSSR count). The minimum Gasteiger partial charge on any atom is -0.494 e. The summed E-state index contributed by atoms with van der Waals surface area (Å²) >= 11 is 3.62. The lowest BCUT2D eigenvalue weighted by Gasteiger charge is -2.18. The zero-order valence-corrected chi connectivity index (χ0v) is 24.0. The van der Waals surface area contributed by atoms with Gasteiger partial charge in [0.1, 0.15) is 17.1 Å². The number of ether oxygens (including phenoxy) is 1. The van der Waals surface area contributed by atoms with Crippen LogP contribution < -0.4 is 15.8 Å². The molecule has 0 amide bonds. The molecule has 0 bridgehead atoms. The van der Waals surface area contributed by atoms with Gasteiger partial charge in [-0.05, 0) is 71.6 Å². The number of rotatable bonds is 10. The Hall–Kier alpha value is -3.06. The molecule has 0 atom stereocenters. The summed E-state index contributed by atoms with van der Waals surface area (Å²) in [6.45, 7) is 15.8. The van der Waals surface area contributed by atoms with Crippen LogP contribution in [0.4, 0.5) is 17.2 Å². The molecule has 0 fully saturated rings. The second kappa shape index (κ2) is 14.5. The number of nitrogens with one attached hydrogen (secondary N) is 1. The fourth-order valence-electron chi connectivity index (χ4n) is 3.58. The molecule has 0 aliphatic rings. The minimum absolute atomic E-state index is 0.552. The van der Waals surface area contributed by atoms with Gasteiger partial charge in [-0.2, -0.15) is 0 Å². The Morgan fingerprint density at radius 2 is 1.94 bits per heavy atom. The first-order valence-corrected chi connectivity index (χ1v) is 13.2. The molecule has 0 aliphatic heterocycles. The van der Waals surface area contributed by atoms with Crippen LogP contribution in [-0.4, -0.2) is 29.9 Å². The average molecular weight is 555 g/mol. The summed E-state index contributed by atoms with van der Waals surface area (Å²) < 4.78 is 8.32. The second-order valence-electron chi connectivity index (χ2n) is 8.88. The number of anilines is 2. The number of nitrogens with zero attached hydrogens (tertiary/aromatic N) is 3. The Bertz CT molecular complexity index is 1150. The number of nitrogen functional groups attached to an aromatic ring is 1. The summed E-state index contributed by atoms with van der Waals surface area (Å²) in [7, 11) is 1.64. The number of aryl methyl sites for hydroxylation is 1. The SMILES string of the molecule is C=Nc1c(/C=C\CC)ncn1Cc1cc(OC)c(NCCC)c(N)c1Br.Cc1ccc(C(C)C)cc1. The third-order valence-corrected chi connectivity index (χ3v) is 6.63. The minimum atomic E-state index is 0.552. The van der Waals surface area contributed by atoms with Gasteiger partial charge in [0.25, 0.3) is 0 Å². The van der Waals surface area contributed by atoms with E-state index in [0.717, 1.165) is 46.6 Å². The van der Waals surface area contributed by atoms with E-state index < -0.39 is 0 Å². The van der Waals surface area contributed by atoms with E-state index in [1.165, 1.54) is 11.1 Å². The number of hydrogen-bond acceptors (Lipinski definition) is 5. The maximum absolute atomic E-state index is 6.33. The largest absolute Gasteiger partial charge is 0.494 e. The lowest BCUT2D eigenvalue weighted by Crippen LogP contribution is -2.08. The third-order valence-electron chi connectivity index (χ3n) is 5.69. The first kappa shape index (κ1) is 29.2. The normalized spacial score (nSPS) is 10.9. The molecule has 1 aromatic heterocycles. The van der Waals surface area contributed by atoms with Gasteiger partial charge in [-0.15, -0.1) is 0 Å². The first-order chi connectivity index (χ1) is 17.3. The van der Waals surface area contributed by atoms with Crippen LogP contribution in [0, 0.1) is 6.92 Å². The van der Waals surface area contributed by atoms with Crippen molar-refractivity contribution in [2.24, 2.45) is 4.99 Å². The number of allylic oxidation sites excluding steroid dienone is 1. The maximum Gasteiger partial charge on any atom is 0.159 e. The van der Waals surface area contributed by atoms with Crippen molar-refractivity contribution in [2.75, 3.05) is 24.7 Å². The first-order valence-electron chi connectivity index (χ1n) is 12.4. The smallest absolute Gasteiger partial charge is 0.159 e. The predicted octanol–water partition coefficient (Wildman–Crippen LogP) is 7.98. The standard InChI is InChI=1S/C19H26BrN5O.C10H14/c1-5-7-8-14-19(22-3)25(12-24-14)11-13-10-15(26-4)18(23-9-6-2)17(21)16(13)20;1-8(2)10-6-4-9(3)5-7-10/h7-8,10,12,23H,3,5-6,9,11,21H2,1-2,4H3;4-8H,1-3H3/b8-7-;. The number of imidazole rings is 1. The summed E-state index contributed by atoms with van der Waals surface area (Å²) in [5.41, 5.74) is 12.3. The van der Waals surface area contributed by atoms with Gasteiger partial charge in [0, 0.05) is 11.0 Å². The topological polar surface area (TPSA) is 77.5 Å². The summed E-state index contributed by atoms with van der Waals surface area (Å²) in [6.07, 6.45) is 7.71. The van der Waals surface area contributed by atoms with Crippen LogP contribution in [-0.2, 0) is 6.54 Å². The lowest BCUT2D eigenvalue weighted by atomic mass is 10.0. The van der Waals surface area contributed by atoms with E-state index >= 15 is 0 Å². The number of benzene rings is 2. The van der Waals surface area contributed by atoms with Crippen molar-refractivity contribution in [3.63, 3.8) is 0 Å². The van der Waals surface area contributed by atoms with E-state index in [1.807, 2.05) is 22.8 Å². The molecule has 2 aromatic carbocycles.